The van der Waals surface area contributed by atoms with Crippen LogP contribution in [0.1, 0.15) is 26.1 Å². The maximum Gasteiger partial charge on any atom is 0.259 e. The highest BCUT2D eigenvalue weighted by Gasteiger charge is 2.24. The van der Waals surface area contributed by atoms with E-state index in [-0.39, 0.29) is 17.0 Å². The van der Waals surface area contributed by atoms with Crippen molar-refractivity contribution in [3.8, 4) is 0 Å². The number of halogens is 1. The molecule has 0 aliphatic heterocycles. The molecule has 0 aliphatic carbocycles. The fraction of sp³-hybridized carbons (Fsp3) is 0.727. The zero-order valence-electron chi connectivity index (χ0n) is 11.1. The van der Waals surface area contributed by atoms with Crippen molar-refractivity contribution in [2.24, 2.45) is 13.0 Å². The maximum absolute atomic E-state index is 12.2. The summed E-state index contributed by atoms with van der Waals surface area (Å²) in [5, 5.41) is 0.849. The highest BCUT2D eigenvalue weighted by atomic mass is 79.9. The predicted molar refractivity (Wildman–Crippen MR) is 75.3 cm³/mol. The van der Waals surface area contributed by atoms with Crippen molar-refractivity contribution in [3.63, 3.8) is 0 Å². The molecule has 0 aromatic carbocycles. The van der Waals surface area contributed by atoms with Crippen LogP contribution in [0.25, 0.3) is 0 Å². The molecule has 1 aromatic rings. The molecule has 1 N–H and O–H groups in total. The van der Waals surface area contributed by atoms with Crippen LogP contribution in [0.2, 0.25) is 0 Å². The van der Waals surface area contributed by atoms with Gasteiger partial charge in [0.2, 0.25) is 0 Å². The quantitative estimate of drug-likeness (QED) is 0.805. The molecule has 1 rings (SSSR count). The van der Waals surface area contributed by atoms with Gasteiger partial charge in [0, 0.05) is 24.6 Å². The van der Waals surface area contributed by atoms with Gasteiger partial charge in [0.15, 0.2) is 5.03 Å². The summed E-state index contributed by atoms with van der Waals surface area (Å²) in [4.78, 5) is 4.06. The molecule has 1 unspecified atom stereocenters. The lowest BCUT2D eigenvalue weighted by molar-refractivity contribution is 0.439. The minimum Gasteiger partial charge on any atom is -0.337 e. The molecule has 1 atom stereocenters. The third kappa shape index (κ3) is 3.80. The summed E-state index contributed by atoms with van der Waals surface area (Å²) in [5.41, 5.74) is 0. The van der Waals surface area contributed by atoms with E-state index in [1.807, 2.05) is 13.8 Å². The van der Waals surface area contributed by atoms with Crippen molar-refractivity contribution in [1.82, 2.24) is 14.3 Å². The van der Waals surface area contributed by atoms with E-state index in [9.17, 15) is 8.42 Å². The Morgan fingerprint density at radius 1 is 1.50 bits per heavy atom. The zero-order chi connectivity index (χ0) is 13.9. The first-order valence-electron chi connectivity index (χ1n) is 5.86. The molecule has 0 amide bonds. The lowest BCUT2D eigenvalue weighted by atomic mass is 10.0. The second-order valence-corrected chi connectivity index (χ2v) is 7.14. The molecular weight excluding hydrogens is 318 g/mol. The van der Waals surface area contributed by atoms with Gasteiger partial charge in [0.1, 0.15) is 5.82 Å². The SMILES string of the molecule is Cc1nc(S(=O)(=O)NC(CCBr)C(C)C)cn1C. The van der Waals surface area contributed by atoms with Gasteiger partial charge in [-0.3, -0.25) is 0 Å². The van der Waals surface area contributed by atoms with Crippen LogP contribution in [0.5, 0.6) is 0 Å². The van der Waals surface area contributed by atoms with E-state index < -0.39 is 10.0 Å². The van der Waals surface area contributed by atoms with Crippen molar-refractivity contribution in [2.75, 3.05) is 5.33 Å². The van der Waals surface area contributed by atoms with Gasteiger partial charge in [-0.25, -0.2) is 18.1 Å². The van der Waals surface area contributed by atoms with Crippen LogP contribution in [0.4, 0.5) is 0 Å². The van der Waals surface area contributed by atoms with Crippen LogP contribution in [0.3, 0.4) is 0 Å². The van der Waals surface area contributed by atoms with E-state index >= 15 is 0 Å². The summed E-state index contributed by atoms with van der Waals surface area (Å²) in [6.45, 7) is 5.77. The molecule has 0 fully saturated rings. The minimum absolute atomic E-state index is 0.0859. The van der Waals surface area contributed by atoms with Crippen molar-refractivity contribution >= 4 is 26.0 Å². The van der Waals surface area contributed by atoms with Crippen LogP contribution in [-0.4, -0.2) is 29.3 Å². The van der Waals surface area contributed by atoms with E-state index in [0.717, 1.165) is 11.8 Å². The molecule has 7 heteroatoms. The summed E-state index contributed by atoms with van der Waals surface area (Å²) in [7, 11) is -1.75. The Morgan fingerprint density at radius 2 is 2.11 bits per heavy atom. The van der Waals surface area contributed by atoms with Crippen LogP contribution >= 0.6 is 15.9 Å². The monoisotopic (exact) mass is 337 g/mol. The molecule has 0 bridgehead atoms. The Labute approximate surface area is 117 Å². The topological polar surface area (TPSA) is 64.0 Å². The second-order valence-electron chi connectivity index (χ2n) is 4.69. The van der Waals surface area contributed by atoms with Gasteiger partial charge in [0.05, 0.1) is 0 Å². The van der Waals surface area contributed by atoms with Crippen molar-refractivity contribution in [1.29, 1.82) is 0 Å². The van der Waals surface area contributed by atoms with Crippen molar-refractivity contribution < 1.29 is 8.42 Å². The van der Waals surface area contributed by atoms with Gasteiger partial charge in [-0.2, -0.15) is 0 Å². The summed E-state index contributed by atoms with van der Waals surface area (Å²) < 4.78 is 28.8. The number of sulfonamides is 1. The van der Waals surface area contributed by atoms with E-state index in [4.69, 9.17) is 0 Å². The van der Waals surface area contributed by atoms with Crippen molar-refractivity contribution in [2.45, 2.75) is 38.3 Å². The molecule has 18 heavy (non-hydrogen) atoms. The summed E-state index contributed by atoms with van der Waals surface area (Å²) in [6, 6.07) is -0.0864. The first-order valence-corrected chi connectivity index (χ1v) is 8.46. The maximum atomic E-state index is 12.2. The Morgan fingerprint density at radius 3 is 2.50 bits per heavy atom. The average molecular weight is 338 g/mol. The number of rotatable bonds is 6. The standard InChI is InChI=1S/C11H20BrN3O2S/c1-8(2)10(5-6-12)14-18(16,17)11-7-15(4)9(3)13-11/h7-8,10,14H,5-6H2,1-4H3. The van der Waals surface area contributed by atoms with Gasteiger partial charge in [-0.1, -0.05) is 29.8 Å². The zero-order valence-corrected chi connectivity index (χ0v) is 13.5. The molecule has 0 saturated carbocycles. The average Bonchev–Trinajstić information content (AvgIpc) is 2.59. The van der Waals surface area contributed by atoms with Crippen LogP contribution < -0.4 is 4.72 Å². The first kappa shape index (κ1) is 15.7. The lowest BCUT2D eigenvalue weighted by Gasteiger charge is -2.20. The molecule has 0 radical (unpaired) electrons. The Hall–Kier alpha value is -0.400. The number of imidazole rings is 1. The van der Waals surface area contributed by atoms with Gasteiger partial charge in [-0.05, 0) is 19.3 Å². The lowest BCUT2D eigenvalue weighted by Crippen LogP contribution is -2.38. The van der Waals surface area contributed by atoms with E-state index in [1.54, 1.807) is 18.5 Å². The number of hydrogen-bond acceptors (Lipinski definition) is 3. The number of nitrogens with zero attached hydrogens (tertiary/aromatic N) is 2. The third-order valence-corrected chi connectivity index (χ3v) is 4.71. The minimum atomic E-state index is -3.53. The Bertz CT molecular complexity index is 477. The molecule has 1 aromatic heterocycles. The summed E-state index contributed by atoms with van der Waals surface area (Å²) in [6.07, 6.45) is 2.28. The first-order chi connectivity index (χ1) is 8.27. The Balaban J connectivity index is 2.93. The van der Waals surface area contributed by atoms with Crippen LogP contribution in [0, 0.1) is 12.8 Å². The fourth-order valence-electron chi connectivity index (χ4n) is 1.56. The molecule has 104 valence electrons. The number of nitrogens with one attached hydrogen (secondary N) is 1. The highest BCUT2D eigenvalue weighted by Crippen LogP contribution is 2.13. The van der Waals surface area contributed by atoms with Gasteiger partial charge >= 0.3 is 0 Å². The van der Waals surface area contributed by atoms with Crippen LogP contribution in [-0.2, 0) is 17.1 Å². The molecular formula is C11H20BrN3O2S. The molecule has 0 spiro atoms. The van der Waals surface area contributed by atoms with E-state index in [0.29, 0.717) is 5.82 Å². The number of aryl methyl sites for hydroxylation is 2. The molecule has 0 saturated heterocycles. The number of hydrogen-bond donors (Lipinski definition) is 1. The van der Waals surface area contributed by atoms with Gasteiger partial charge < -0.3 is 4.57 Å². The summed E-state index contributed by atoms with van der Waals surface area (Å²) in [5.74, 6) is 0.916. The largest absolute Gasteiger partial charge is 0.337 e. The van der Waals surface area contributed by atoms with Gasteiger partial charge in [0.25, 0.3) is 10.0 Å². The van der Waals surface area contributed by atoms with Gasteiger partial charge in [-0.15, -0.1) is 0 Å². The molecule has 5 nitrogen and oxygen atoms in total. The van der Waals surface area contributed by atoms with Crippen molar-refractivity contribution in [3.05, 3.63) is 12.0 Å². The number of aromatic nitrogens is 2. The summed E-state index contributed by atoms with van der Waals surface area (Å²) >= 11 is 3.34. The van der Waals surface area contributed by atoms with Crippen LogP contribution in [0.15, 0.2) is 11.2 Å². The fourth-order valence-corrected chi connectivity index (χ4v) is 3.51. The number of alkyl halides is 1. The molecule has 0 aliphatic rings. The molecule has 1 heterocycles. The predicted octanol–water partition coefficient (Wildman–Crippen LogP) is 1.82. The normalized spacial score (nSPS) is 14.1. The third-order valence-electron chi connectivity index (χ3n) is 2.89. The smallest absolute Gasteiger partial charge is 0.259 e. The van der Waals surface area contributed by atoms with E-state index in [2.05, 4.69) is 25.6 Å². The van der Waals surface area contributed by atoms with E-state index in [1.165, 1.54) is 6.20 Å². The Kier molecular flexibility index (Phi) is 5.36. The second kappa shape index (κ2) is 6.16. The highest BCUT2D eigenvalue weighted by molar-refractivity contribution is 9.09.